The van der Waals surface area contributed by atoms with Gasteiger partial charge in [0.15, 0.2) is 11.5 Å². The average molecular weight is 389 g/mol. The third-order valence-corrected chi connectivity index (χ3v) is 5.42. The van der Waals surface area contributed by atoms with Crippen LogP contribution in [-0.2, 0) is 4.79 Å². The van der Waals surface area contributed by atoms with Crippen molar-refractivity contribution in [2.75, 3.05) is 20.2 Å². The number of para-hydroxylation sites is 2. The van der Waals surface area contributed by atoms with Gasteiger partial charge in [-0.25, -0.2) is 0 Å². The minimum absolute atomic E-state index is 0.0124. The molecule has 1 amide bonds. The van der Waals surface area contributed by atoms with E-state index >= 15 is 0 Å². The van der Waals surface area contributed by atoms with Gasteiger partial charge in [-0.15, -0.1) is 0 Å². The number of likely N-dealkylation sites (tertiary alicyclic amines) is 1. The molecule has 0 N–H and O–H groups in total. The monoisotopic (exact) mass is 389 g/mol. The fourth-order valence-corrected chi connectivity index (χ4v) is 3.80. The first-order valence-electron chi connectivity index (χ1n) is 9.79. The molecule has 0 radical (unpaired) electrons. The molecule has 29 heavy (non-hydrogen) atoms. The Balaban J connectivity index is 1.41. The first-order valence-corrected chi connectivity index (χ1v) is 9.79. The van der Waals surface area contributed by atoms with E-state index in [0.717, 1.165) is 10.8 Å². The Morgan fingerprint density at radius 1 is 0.862 bits per heavy atom. The van der Waals surface area contributed by atoms with Gasteiger partial charge in [0.05, 0.1) is 13.0 Å². The Morgan fingerprint density at radius 3 is 2.28 bits per heavy atom. The predicted octanol–water partition coefficient (Wildman–Crippen LogP) is 4.31. The topological polar surface area (TPSA) is 55.8 Å². The molecule has 0 unspecified atom stereocenters. The molecule has 4 rings (SSSR count). The third-order valence-electron chi connectivity index (χ3n) is 5.42. The van der Waals surface area contributed by atoms with Crippen molar-refractivity contribution in [2.24, 2.45) is 5.92 Å². The van der Waals surface area contributed by atoms with Gasteiger partial charge in [0.25, 0.3) is 5.91 Å². The summed E-state index contributed by atoms with van der Waals surface area (Å²) in [5.41, 5.74) is 0.707. The van der Waals surface area contributed by atoms with Crippen LogP contribution >= 0.6 is 0 Å². The fourth-order valence-electron chi connectivity index (χ4n) is 3.80. The van der Waals surface area contributed by atoms with Gasteiger partial charge in [0.2, 0.25) is 0 Å². The van der Waals surface area contributed by atoms with E-state index in [4.69, 9.17) is 9.47 Å². The number of benzene rings is 3. The molecule has 1 aliphatic rings. The third kappa shape index (κ3) is 3.94. The highest BCUT2D eigenvalue weighted by atomic mass is 16.6. The lowest BCUT2D eigenvalue weighted by Gasteiger charge is -2.31. The molecule has 1 fully saturated rings. The van der Waals surface area contributed by atoms with Gasteiger partial charge in [-0.2, -0.15) is 0 Å². The number of methoxy groups -OCH3 is 1. The maximum absolute atomic E-state index is 13.1. The number of carbonyl (C=O) groups excluding carboxylic acids is 2. The van der Waals surface area contributed by atoms with Crippen LogP contribution in [0.1, 0.15) is 23.2 Å². The first-order chi connectivity index (χ1) is 14.2. The maximum Gasteiger partial charge on any atom is 0.314 e. The van der Waals surface area contributed by atoms with E-state index in [1.54, 1.807) is 25.3 Å². The van der Waals surface area contributed by atoms with Crippen LogP contribution in [0.2, 0.25) is 0 Å². The Bertz CT molecular complexity index is 1030. The number of amides is 1. The molecular weight excluding hydrogens is 366 g/mol. The summed E-state index contributed by atoms with van der Waals surface area (Å²) in [6.45, 7) is 1.07. The summed E-state index contributed by atoms with van der Waals surface area (Å²) in [5.74, 6) is 0.472. The van der Waals surface area contributed by atoms with E-state index in [1.165, 1.54) is 0 Å². The number of esters is 1. The van der Waals surface area contributed by atoms with Crippen LogP contribution in [0.25, 0.3) is 10.8 Å². The number of carbonyl (C=O) groups is 2. The van der Waals surface area contributed by atoms with Crippen molar-refractivity contribution < 1.29 is 19.1 Å². The lowest BCUT2D eigenvalue weighted by Crippen LogP contribution is -2.41. The van der Waals surface area contributed by atoms with E-state index in [0.29, 0.717) is 43.0 Å². The van der Waals surface area contributed by atoms with Gasteiger partial charge in [0.1, 0.15) is 0 Å². The summed E-state index contributed by atoms with van der Waals surface area (Å²) in [4.78, 5) is 27.5. The molecule has 1 aliphatic heterocycles. The van der Waals surface area contributed by atoms with Crippen LogP contribution in [-0.4, -0.2) is 37.0 Å². The van der Waals surface area contributed by atoms with E-state index < -0.39 is 0 Å². The van der Waals surface area contributed by atoms with Crippen molar-refractivity contribution in [1.82, 2.24) is 4.90 Å². The highest BCUT2D eigenvalue weighted by molar-refractivity contribution is 6.07. The van der Waals surface area contributed by atoms with E-state index in [1.807, 2.05) is 53.4 Å². The van der Waals surface area contributed by atoms with Crippen LogP contribution in [0.3, 0.4) is 0 Å². The standard InChI is InChI=1S/C24H23NO4/c1-28-21-11-4-5-12-22(21)29-24(27)18-13-15-25(16-14-18)23(26)20-10-6-8-17-7-2-3-9-19(17)20/h2-12,18H,13-16H2,1H3. The van der Waals surface area contributed by atoms with Crippen LogP contribution in [0.4, 0.5) is 0 Å². The van der Waals surface area contributed by atoms with Gasteiger partial charge in [-0.1, -0.05) is 48.5 Å². The van der Waals surface area contributed by atoms with Gasteiger partial charge in [-0.3, -0.25) is 9.59 Å². The largest absolute Gasteiger partial charge is 0.493 e. The molecule has 0 bridgehead atoms. The number of ether oxygens (including phenoxy) is 2. The summed E-state index contributed by atoms with van der Waals surface area (Å²) in [5, 5.41) is 2.01. The molecule has 1 heterocycles. The molecule has 0 atom stereocenters. The van der Waals surface area contributed by atoms with Crippen molar-refractivity contribution in [1.29, 1.82) is 0 Å². The molecule has 0 aromatic heterocycles. The van der Waals surface area contributed by atoms with E-state index in [2.05, 4.69) is 0 Å². The maximum atomic E-state index is 13.1. The molecular formula is C24H23NO4. The Labute approximate surface area is 169 Å². The highest BCUT2D eigenvalue weighted by Gasteiger charge is 2.30. The van der Waals surface area contributed by atoms with Crippen molar-refractivity contribution in [3.8, 4) is 11.5 Å². The zero-order valence-corrected chi connectivity index (χ0v) is 16.3. The molecule has 0 spiro atoms. The average Bonchev–Trinajstić information content (AvgIpc) is 2.78. The minimum atomic E-state index is -0.272. The summed E-state index contributed by atoms with van der Waals surface area (Å²) in [6, 6.07) is 20.8. The zero-order chi connectivity index (χ0) is 20.2. The van der Waals surface area contributed by atoms with Crippen molar-refractivity contribution in [3.63, 3.8) is 0 Å². The molecule has 3 aromatic carbocycles. The van der Waals surface area contributed by atoms with Gasteiger partial charge in [0, 0.05) is 18.7 Å². The number of piperidine rings is 1. The molecule has 5 nitrogen and oxygen atoms in total. The summed E-state index contributed by atoms with van der Waals surface area (Å²) < 4.78 is 10.8. The molecule has 0 aliphatic carbocycles. The predicted molar refractivity (Wildman–Crippen MR) is 111 cm³/mol. The highest BCUT2D eigenvalue weighted by Crippen LogP contribution is 2.29. The van der Waals surface area contributed by atoms with Gasteiger partial charge >= 0.3 is 5.97 Å². The van der Waals surface area contributed by atoms with Gasteiger partial charge in [-0.05, 0) is 41.8 Å². The smallest absolute Gasteiger partial charge is 0.314 e. The van der Waals surface area contributed by atoms with Crippen LogP contribution in [0.15, 0.2) is 66.7 Å². The lowest BCUT2D eigenvalue weighted by molar-refractivity contribution is -0.140. The van der Waals surface area contributed by atoms with Crippen molar-refractivity contribution in [3.05, 3.63) is 72.3 Å². The Morgan fingerprint density at radius 2 is 1.52 bits per heavy atom. The van der Waals surface area contributed by atoms with Crippen molar-refractivity contribution >= 4 is 22.6 Å². The van der Waals surface area contributed by atoms with Crippen LogP contribution < -0.4 is 9.47 Å². The fraction of sp³-hybridized carbons (Fsp3) is 0.250. The Hall–Kier alpha value is -3.34. The lowest BCUT2D eigenvalue weighted by atomic mass is 9.95. The van der Waals surface area contributed by atoms with Crippen LogP contribution in [0, 0.1) is 5.92 Å². The molecule has 0 saturated carbocycles. The molecule has 5 heteroatoms. The zero-order valence-electron chi connectivity index (χ0n) is 16.3. The second-order valence-electron chi connectivity index (χ2n) is 7.17. The van der Waals surface area contributed by atoms with E-state index in [-0.39, 0.29) is 17.8 Å². The SMILES string of the molecule is COc1ccccc1OC(=O)C1CCN(C(=O)c2cccc3ccccc23)CC1. The molecule has 3 aromatic rings. The second kappa shape index (κ2) is 8.35. The quantitative estimate of drug-likeness (QED) is 0.493. The van der Waals surface area contributed by atoms with Crippen molar-refractivity contribution in [2.45, 2.75) is 12.8 Å². The van der Waals surface area contributed by atoms with E-state index in [9.17, 15) is 9.59 Å². The Kier molecular flexibility index (Phi) is 5.47. The number of hydrogen-bond donors (Lipinski definition) is 0. The first kappa shape index (κ1) is 19.0. The summed E-state index contributed by atoms with van der Waals surface area (Å²) >= 11 is 0. The number of nitrogens with zero attached hydrogens (tertiary/aromatic N) is 1. The summed E-state index contributed by atoms with van der Waals surface area (Å²) in [6.07, 6.45) is 1.18. The van der Waals surface area contributed by atoms with Gasteiger partial charge < -0.3 is 14.4 Å². The summed E-state index contributed by atoms with van der Waals surface area (Å²) in [7, 11) is 1.55. The number of rotatable bonds is 4. The minimum Gasteiger partial charge on any atom is -0.493 e. The number of hydrogen-bond acceptors (Lipinski definition) is 4. The normalized spacial score (nSPS) is 14.6. The number of fused-ring (bicyclic) bond motifs is 1. The second-order valence-corrected chi connectivity index (χ2v) is 7.17. The van der Waals surface area contributed by atoms with Crippen LogP contribution in [0.5, 0.6) is 11.5 Å². The molecule has 1 saturated heterocycles. The molecule has 148 valence electrons.